The van der Waals surface area contributed by atoms with Gasteiger partial charge in [0.15, 0.2) is 0 Å². The Hall–Kier alpha value is -1.88. The highest BCUT2D eigenvalue weighted by Crippen LogP contribution is 2.35. The van der Waals surface area contributed by atoms with Gasteiger partial charge in [-0.05, 0) is 24.8 Å². The van der Waals surface area contributed by atoms with E-state index < -0.39 is 11.4 Å². The van der Waals surface area contributed by atoms with Gasteiger partial charge < -0.3 is 14.7 Å². The number of carbonyl (C=O) groups excluding carboxylic acids is 1. The molecule has 1 saturated heterocycles. The molecular weight excluding hydrogens is 270 g/mol. The molecule has 5 heteroatoms. The van der Waals surface area contributed by atoms with Crippen molar-refractivity contribution in [1.29, 1.82) is 0 Å². The van der Waals surface area contributed by atoms with E-state index in [1.54, 1.807) is 4.90 Å². The second kappa shape index (κ2) is 6.72. The van der Waals surface area contributed by atoms with Crippen molar-refractivity contribution in [3.63, 3.8) is 0 Å². The molecule has 0 atom stereocenters. The number of likely N-dealkylation sites (tertiary alicyclic amines) is 1. The van der Waals surface area contributed by atoms with Gasteiger partial charge in [-0.15, -0.1) is 0 Å². The molecule has 0 bridgehead atoms. The van der Waals surface area contributed by atoms with Gasteiger partial charge in [0.05, 0.1) is 5.41 Å². The summed E-state index contributed by atoms with van der Waals surface area (Å²) in [5.41, 5.74) is 0.252. The van der Waals surface area contributed by atoms with Crippen molar-refractivity contribution in [3.05, 3.63) is 35.9 Å². The standard InChI is InChI=1S/C16H21NO4/c1-21-12-14(18)17-9-7-16(8-10-17,15(19)20)11-13-5-3-2-4-6-13/h2-6H,7-12H2,1H3,(H,19,20). The van der Waals surface area contributed by atoms with E-state index >= 15 is 0 Å². The van der Waals surface area contributed by atoms with Gasteiger partial charge in [-0.25, -0.2) is 0 Å². The van der Waals surface area contributed by atoms with Crippen molar-refractivity contribution in [3.8, 4) is 0 Å². The largest absolute Gasteiger partial charge is 0.481 e. The van der Waals surface area contributed by atoms with Crippen LogP contribution in [0.5, 0.6) is 0 Å². The fourth-order valence-corrected chi connectivity index (χ4v) is 2.85. The van der Waals surface area contributed by atoms with E-state index in [-0.39, 0.29) is 12.5 Å². The molecule has 0 aliphatic carbocycles. The first kappa shape index (κ1) is 15.5. The Morgan fingerprint density at radius 1 is 1.24 bits per heavy atom. The van der Waals surface area contributed by atoms with Crippen LogP contribution in [0, 0.1) is 5.41 Å². The van der Waals surface area contributed by atoms with Gasteiger partial charge in [0.2, 0.25) is 5.91 Å². The molecular formula is C16H21NO4. The average molecular weight is 291 g/mol. The van der Waals surface area contributed by atoms with Gasteiger partial charge in [-0.1, -0.05) is 30.3 Å². The number of hydrogen-bond donors (Lipinski definition) is 1. The summed E-state index contributed by atoms with van der Waals surface area (Å²) in [5, 5.41) is 9.65. The second-order valence-corrected chi connectivity index (χ2v) is 5.56. The molecule has 0 aromatic heterocycles. The van der Waals surface area contributed by atoms with E-state index in [1.165, 1.54) is 7.11 Å². The fourth-order valence-electron chi connectivity index (χ4n) is 2.85. The Labute approximate surface area is 124 Å². The summed E-state index contributed by atoms with van der Waals surface area (Å²) in [5.74, 6) is -0.846. The predicted octanol–water partition coefficient (Wildman–Crippen LogP) is 1.57. The summed E-state index contributed by atoms with van der Waals surface area (Å²) in [6.45, 7) is 1.00. The van der Waals surface area contributed by atoms with Gasteiger partial charge in [-0.2, -0.15) is 0 Å². The number of hydrogen-bond acceptors (Lipinski definition) is 3. The number of aliphatic carboxylic acids is 1. The number of rotatable bonds is 5. The molecule has 1 N–H and O–H groups in total. The molecule has 1 amide bonds. The van der Waals surface area contributed by atoms with Crippen molar-refractivity contribution in [2.45, 2.75) is 19.3 Å². The van der Waals surface area contributed by atoms with E-state index in [2.05, 4.69) is 0 Å². The second-order valence-electron chi connectivity index (χ2n) is 5.56. The summed E-state index contributed by atoms with van der Waals surface area (Å²) >= 11 is 0. The number of carboxylic acids is 1. The molecule has 1 aliphatic heterocycles. The average Bonchev–Trinajstić information content (AvgIpc) is 2.49. The number of carbonyl (C=O) groups is 2. The van der Waals surface area contributed by atoms with Gasteiger partial charge in [0.25, 0.3) is 0 Å². The molecule has 21 heavy (non-hydrogen) atoms. The topological polar surface area (TPSA) is 66.8 Å². The molecule has 1 aromatic carbocycles. The highest BCUT2D eigenvalue weighted by Gasteiger charge is 2.42. The number of nitrogens with zero attached hydrogens (tertiary/aromatic N) is 1. The summed E-state index contributed by atoms with van der Waals surface area (Å²) in [4.78, 5) is 25.2. The smallest absolute Gasteiger partial charge is 0.310 e. The van der Waals surface area contributed by atoms with Crippen LogP contribution in [0.1, 0.15) is 18.4 Å². The zero-order valence-electron chi connectivity index (χ0n) is 12.2. The van der Waals surface area contributed by atoms with Crippen LogP contribution >= 0.6 is 0 Å². The van der Waals surface area contributed by atoms with E-state index in [0.29, 0.717) is 32.4 Å². The fraction of sp³-hybridized carbons (Fsp3) is 0.500. The van der Waals surface area contributed by atoms with Crippen molar-refractivity contribution in [1.82, 2.24) is 4.90 Å². The zero-order chi connectivity index (χ0) is 15.3. The lowest BCUT2D eigenvalue weighted by atomic mass is 9.74. The molecule has 1 aromatic rings. The first-order valence-electron chi connectivity index (χ1n) is 7.11. The van der Waals surface area contributed by atoms with Crippen molar-refractivity contribution in [2.75, 3.05) is 26.8 Å². The summed E-state index contributed by atoms with van der Waals surface area (Å²) in [6, 6.07) is 9.66. The summed E-state index contributed by atoms with van der Waals surface area (Å²) < 4.78 is 4.84. The third kappa shape index (κ3) is 3.61. The molecule has 1 heterocycles. The minimum atomic E-state index is -0.773. The third-order valence-corrected chi connectivity index (χ3v) is 4.18. The molecule has 0 unspecified atom stereocenters. The van der Waals surface area contributed by atoms with E-state index in [1.807, 2.05) is 30.3 Å². The monoisotopic (exact) mass is 291 g/mol. The van der Waals surface area contributed by atoms with Gasteiger partial charge >= 0.3 is 5.97 Å². The van der Waals surface area contributed by atoms with Crippen LogP contribution in [0.25, 0.3) is 0 Å². The Balaban J connectivity index is 2.05. The Morgan fingerprint density at radius 2 is 1.86 bits per heavy atom. The van der Waals surface area contributed by atoms with Gasteiger partial charge in [-0.3, -0.25) is 9.59 Å². The first-order valence-corrected chi connectivity index (χ1v) is 7.11. The Kier molecular flexibility index (Phi) is 4.96. The number of methoxy groups -OCH3 is 1. The highest BCUT2D eigenvalue weighted by atomic mass is 16.5. The van der Waals surface area contributed by atoms with Crippen LogP contribution in [0.2, 0.25) is 0 Å². The van der Waals surface area contributed by atoms with Crippen LogP contribution in [0.3, 0.4) is 0 Å². The number of carboxylic acid groups (broad SMARTS) is 1. The van der Waals surface area contributed by atoms with Crippen LogP contribution in [0.4, 0.5) is 0 Å². The van der Waals surface area contributed by atoms with Crippen molar-refractivity contribution >= 4 is 11.9 Å². The normalized spacial score (nSPS) is 17.5. The minimum absolute atomic E-state index is 0.0543. The lowest BCUT2D eigenvalue weighted by Gasteiger charge is -2.39. The maximum absolute atomic E-state index is 11.8. The molecule has 2 rings (SSSR count). The van der Waals surface area contributed by atoms with Crippen molar-refractivity contribution in [2.24, 2.45) is 5.41 Å². The molecule has 1 fully saturated rings. The maximum atomic E-state index is 11.8. The molecule has 5 nitrogen and oxygen atoms in total. The summed E-state index contributed by atoms with van der Waals surface area (Å²) in [6.07, 6.45) is 1.47. The number of amides is 1. The molecule has 0 saturated carbocycles. The van der Waals surface area contributed by atoms with Crippen molar-refractivity contribution < 1.29 is 19.4 Å². The van der Waals surface area contributed by atoms with Crippen LogP contribution in [-0.4, -0.2) is 48.7 Å². The molecule has 1 aliphatic rings. The minimum Gasteiger partial charge on any atom is -0.481 e. The van der Waals surface area contributed by atoms with Crippen LogP contribution < -0.4 is 0 Å². The SMILES string of the molecule is COCC(=O)N1CCC(Cc2ccccc2)(C(=O)O)CC1. The Bertz CT molecular complexity index is 492. The number of piperidine rings is 1. The van der Waals surface area contributed by atoms with E-state index in [4.69, 9.17) is 4.74 Å². The third-order valence-electron chi connectivity index (χ3n) is 4.18. The quantitative estimate of drug-likeness (QED) is 0.894. The highest BCUT2D eigenvalue weighted by molar-refractivity contribution is 5.79. The lowest BCUT2D eigenvalue weighted by molar-refractivity contribution is -0.155. The van der Waals surface area contributed by atoms with Gasteiger partial charge in [0, 0.05) is 20.2 Å². The Morgan fingerprint density at radius 3 is 2.38 bits per heavy atom. The number of ether oxygens (including phenoxy) is 1. The first-order chi connectivity index (χ1) is 10.1. The predicted molar refractivity (Wildman–Crippen MR) is 77.9 cm³/mol. The molecule has 0 radical (unpaired) electrons. The summed E-state index contributed by atoms with van der Waals surface area (Å²) in [7, 11) is 1.48. The maximum Gasteiger partial charge on any atom is 0.310 e. The van der Waals surface area contributed by atoms with E-state index in [0.717, 1.165) is 5.56 Å². The number of benzene rings is 1. The van der Waals surface area contributed by atoms with Gasteiger partial charge in [0.1, 0.15) is 6.61 Å². The van der Waals surface area contributed by atoms with Crippen LogP contribution in [-0.2, 0) is 20.7 Å². The molecule has 114 valence electrons. The lowest BCUT2D eigenvalue weighted by Crippen LogP contribution is -2.48. The van der Waals surface area contributed by atoms with E-state index in [9.17, 15) is 14.7 Å². The molecule has 0 spiro atoms. The zero-order valence-corrected chi connectivity index (χ0v) is 12.2. The van der Waals surface area contributed by atoms with Crippen LogP contribution in [0.15, 0.2) is 30.3 Å².